The molecule has 0 unspecified atom stereocenters. The second kappa shape index (κ2) is 6.83. The van der Waals surface area contributed by atoms with E-state index in [1.165, 1.54) is 25.3 Å². The van der Waals surface area contributed by atoms with E-state index in [0.717, 1.165) is 5.69 Å². The molecule has 2 aromatic rings. The number of hydrogen-bond acceptors (Lipinski definition) is 5. The first-order chi connectivity index (χ1) is 10.9. The lowest BCUT2D eigenvalue weighted by Gasteiger charge is -2.13. The number of benzene rings is 2. The number of ether oxygens (including phenoxy) is 1. The molecule has 2 rings (SSSR count). The van der Waals surface area contributed by atoms with E-state index in [1.54, 1.807) is 12.1 Å². The van der Waals surface area contributed by atoms with Gasteiger partial charge in [-0.3, -0.25) is 4.79 Å². The number of amides is 1. The molecule has 6 nitrogen and oxygen atoms in total. The number of nitrogens with one attached hydrogen (secondary N) is 1. The summed E-state index contributed by atoms with van der Waals surface area (Å²) in [5.41, 5.74) is 1.87. The summed E-state index contributed by atoms with van der Waals surface area (Å²) in [5, 5.41) is 12.5. The molecular formula is C17H18N2O4. The van der Waals surface area contributed by atoms with Crippen molar-refractivity contribution in [1.82, 2.24) is 0 Å². The SMILES string of the molecule is COC(=O)c1ccc(NC(=O)c2ccc(N(C)C)cc2)c(O)c1. The van der Waals surface area contributed by atoms with Crippen molar-refractivity contribution in [3.05, 3.63) is 53.6 Å². The quantitative estimate of drug-likeness (QED) is 0.669. The molecule has 0 heterocycles. The number of methoxy groups -OCH3 is 1. The Morgan fingerprint density at radius 1 is 1.04 bits per heavy atom. The van der Waals surface area contributed by atoms with Crippen LogP contribution in [0.2, 0.25) is 0 Å². The summed E-state index contributed by atoms with van der Waals surface area (Å²) >= 11 is 0. The van der Waals surface area contributed by atoms with Gasteiger partial charge in [0.1, 0.15) is 5.75 Å². The number of aromatic hydroxyl groups is 1. The van der Waals surface area contributed by atoms with E-state index in [2.05, 4.69) is 10.1 Å². The van der Waals surface area contributed by atoms with Gasteiger partial charge in [-0.25, -0.2) is 4.79 Å². The molecule has 0 fully saturated rings. The molecule has 120 valence electrons. The second-order valence-corrected chi connectivity index (χ2v) is 5.12. The van der Waals surface area contributed by atoms with E-state index >= 15 is 0 Å². The van der Waals surface area contributed by atoms with Crippen LogP contribution < -0.4 is 10.2 Å². The molecule has 0 atom stereocenters. The van der Waals surface area contributed by atoms with Gasteiger partial charge in [0.25, 0.3) is 5.91 Å². The van der Waals surface area contributed by atoms with Gasteiger partial charge in [0.15, 0.2) is 0 Å². The highest BCUT2D eigenvalue weighted by molar-refractivity contribution is 6.05. The minimum absolute atomic E-state index is 0.203. The van der Waals surface area contributed by atoms with Crippen LogP contribution in [0.1, 0.15) is 20.7 Å². The summed E-state index contributed by atoms with van der Waals surface area (Å²) in [6, 6.07) is 11.2. The number of carbonyl (C=O) groups is 2. The summed E-state index contributed by atoms with van der Waals surface area (Å²) in [6.07, 6.45) is 0. The third-order valence-corrected chi connectivity index (χ3v) is 3.31. The number of rotatable bonds is 4. The normalized spacial score (nSPS) is 10.0. The Labute approximate surface area is 134 Å². The highest BCUT2D eigenvalue weighted by atomic mass is 16.5. The van der Waals surface area contributed by atoms with Gasteiger partial charge in [-0.1, -0.05) is 0 Å². The topological polar surface area (TPSA) is 78.9 Å². The molecule has 0 aliphatic carbocycles. The van der Waals surface area contributed by atoms with Crippen molar-refractivity contribution >= 4 is 23.3 Å². The number of phenols is 1. The Hall–Kier alpha value is -3.02. The summed E-state index contributed by atoms with van der Waals surface area (Å²) in [6.45, 7) is 0. The van der Waals surface area contributed by atoms with Gasteiger partial charge in [0.05, 0.1) is 18.4 Å². The highest BCUT2D eigenvalue weighted by Gasteiger charge is 2.12. The Bertz CT molecular complexity index is 724. The number of nitrogens with zero attached hydrogens (tertiary/aromatic N) is 1. The Morgan fingerprint density at radius 2 is 1.65 bits per heavy atom. The van der Waals surface area contributed by atoms with Gasteiger partial charge < -0.3 is 20.1 Å². The molecule has 23 heavy (non-hydrogen) atoms. The van der Waals surface area contributed by atoms with Crippen LogP contribution in [0, 0.1) is 0 Å². The van der Waals surface area contributed by atoms with Crippen LogP contribution in [0.4, 0.5) is 11.4 Å². The molecule has 0 saturated carbocycles. The number of anilines is 2. The fourth-order valence-electron chi connectivity index (χ4n) is 1.99. The average molecular weight is 314 g/mol. The van der Waals surface area contributed by atoms with Crippen LogP contribution >= 0.6 is 0 Å². The van der Waals surface area contributed by atoms with E-state index in [-0.39, 0.29) is 22.9 Å². The maximum absolute atomic E-state index is 12.2. The maximum Gasteiger partial charge on any atom is 0.337 e. The number of carbonyl (C=O) groups excluding carboxylic acids is 2. The van der Waals surface area contributed by atoms with Crippen molar-refractivity contribution in [3.63, 3.8) is 0 Å². The Balaban J connectivity index is 2.15. The minimum atomic E-state index is -0.558. The van der Waals surface area contributed by atoms with Crippen molar-refractivity contribution in [1.29, 1.82) is 0 Å². The standard InChI is InChI=1S/C17H18N2O4/c1-19(2)13-7-4-11(5-8-13)16(21)18-14-9-6-12(10-15(14)20)17(22)23-3/h4-10,20H,1-3H3,(H,18,21). The molecule has 0 spiro atoms. The van der Waals surface area contributed by atoms with Crippen molar-refractivity contribution < 1.29 is 19.4 Å². The molecule has 0 aliphatic heterocycles. The average Bonchev–Trinajstić information content (AvgIpc) is 2.55. The molecule has 0 aliphatic rings. The molecule has 0 bridgehead atoms. The van der Waals surface area contributed by atoms with Gasteiger partial charge in [0.2, 0.25) is 0 Å². The molecule has 1 amide bonds. The zero-order valence-electron chi connectivity index (χ0n) is 13.2. The predicted octanol–water partition coefficient (Wildman–Crippen LogP) is 2.50. The summed E-state index contributed by atoms with van der Waals surface area (Å²) < 4.78 is 4.57. The lowest BCUT2D eigenvalue weighted by molar-refractivity contribution is 0.0600. The van der Waals surface area contributed by atoms with Crippen molar-refractivity contribution in [2.45, 2.75) is 0 Å². The van der Waals surface area contributed by atoms with E-state index in [0.29, 0.717) is 5.56 Å². The van der Waals surface area contributed by atoms with Crippen molar-refractivity contribution in [2.75, 3.05) is 31.4 Å². The smallest absolute Gasteiger partial charge is 0.337 e. The van der Waals surface area contributed by atoms with Crippen LogP contribution in [-0.2, 0) is 4.74 Å². The van der Waals surface area contributed by atoms with Crippen molar-refractivity contribution in [2.24, 2.45) is 0 Å². The zero-order chi connectivity index (χ0) is 17.0. The fourth-order valence-corrected chi connectivity index (χ4v) is 1.99. The molecule has 0 aromatic heterocycles. The van der Waals surface area contributed by atoms with Crippen LogP contribution in [0.3, 0.4) is 0 Å². The summed E-state index contributed by atoms with van der Waals surface area (Å²) in [4.78, 5) is 25.5. The molecule has 2 N–H and O–H groups in total. The van der Waals surface area contributed by atoms with E-state index in [4.69, 9.17) is 0 Å². The monoisotopic (exact) mass is 314 g/mol. The van der Waals surface area contributed by atoms with E-state index in [9.17, 15) is 14.7 Å². The molecule has 6 heteroatoms. The maximum atomic E-state index is 12.2. The molecule has 0 radical (unpaired) electrons. The molecular weight excluding hydrogens is 296 g/mol. The van der Waals surface area contributed by atoms with E-state index in [1.807, 2.05) is 31.1 Å². The first-order valence-electron chi connectivity index (χ1n) is 6.92. The third-order valence-electron chi connectivity index (χ3n) is 3.31. The third kappa shape index (κ3) is 3.79. The highest BCUT2D eigenvalue weighted by Crippen LogP contribution is 2.25. The lowest BCUT2D eigenvalue weighted by atomic mass is 10.1. The van der Waals surface area contributed by atoms with Crippen LogP contribution in [0.5, 0.6) is 5.75 Å². The number of hydrogen-bond donors (Lipinski definition) is 2. The zero-order valence-corrected chi connectivity index (χ0v) is 13.2. The largest absolute Gasteiger partial charge is 0.506 e. The molecule has 2 aromatic carbocycles. The van der Waals surface area contributed by atoms with Crippen LogP contribution in [-0.4, -0.2) is 38.2 Å². The Kier molecular flexibility index (Phi) is 4.85. The number of phenolic OH excluding ortho intramolecular Hbond substituents is 1. The van der Waals surface area contributed by atoms with Gasteiger partial charge in [-0.2, -0.15) is 0 Å². The van der Waals surface area contributed by atoms with Crippen LogP contribution in [0.25, 0.3) is 0 Å². The first kappa shape index (κ1) is 16.4. The van der Waals surface area contributed by atoms with Crippen molar-refractivity contribution in [3.8, 4) is 5.75 Å². The van der Waals surface area contributed by atoms with Gasteiger partial charge in [-0.15, -0.1) is 0 Å². The predicted molar refractivity (Wildman–Crippen MR) is 88.2 cm³/mol. The summed E-state index contributed by atoms with van der Waals surface area (Å²) in [5.74, 6) is -1.11. The lowest BCUT2D eigenvalue weighted by Crippen LogP contribution is -2.13. The fraction of sp³-hybridized carbons (Fsp3) is 0.176. The number of esters is 1. The van der Waals surface area contributed by atoms with Gasteiger partial charge >= 0.3 is 5.97 Å². The first-order valence-corrected chi connectivity index (χ1v) is 6.92. The second-order valence-electron chi connectivity index (χ2n) is 5.12. The Morgan fingerprint density at radius 3 is 2.17 bits per heavy atom. The van der Waals surface area contributed by atoms with E-state index < -0.39 is 5.97 Å². The molecule has 0 saturated heterocycles. The minimum Gasteiger partial charge on any atom is -0.506 e. The summed E-state index contributed by atoms with van der Waals surface area (Å²) in [7, 11) is 5.08. The van der Waals surface area contributed by atoms with Crippen LogP contribution in [0.15, 0.2) is 42.5 Å². The van der Waals surface area contributed by atoms with Gasteiger partial charge in [-0.05, 0) is 42.5 Å². The van der Waals surface area contributed by atoms with Gasteiger partial charge in [0, 0.05) is 25.3 Å².